The number of anilines is 1. The molecule has 0 unspecified atom stereocenters. The van der Waals surface area contributed by atoms with E-state index in [4.69, 9.17) is 0 Å². The Kier molecular flexibility index (Phi) is 4.87. The van der Waals surface area contributed by atoms with Gasteiger partial charge in [-0.15, -0.1) is 0 Å². The lowest BCUT2D eigenvalue weighted by Gasteiger charge is -2.05. The number of nitrogens with one attached hydrogen (secondary N) is 2. The summed E-state index contributed by atoms with van der Waals surface area (Å²) in [6.45, 7) is 2.19. The first-order chi connectivity index (χ1) is 11.7. The fraction of sp³-hybridized carbons (Fsp3) is 0.100. The molecule has 2 N–H and O–H groups in total. The van der Waals surface area contributed by atoms with Crippen molar-refractivity contribution in [3.8, 4) is 0 Å². The van der Waals surface area contributed by atoms with Crippen LogP contribution < -0.4 is 10.7 Å². The molecule has 0 saturated heterocycles. The number of hydrogen-bond acceptors (Lipinski definition) is 3. The van der Waals surface area contributed by atoms with Crippen molar-refractivity contribution in [2.45, 2.75) is 6.92 Å². The molecule has 3 aromatic rings. The molecule has 0 aromatic heterocycles. The van der Waals surface area contributed by atoms with E-state index in [2.05, 4.69) is 28.0 Å². The van der Waals surface area contributed by atoms with Crippen LogP contribution in [-0.2, 0) is 4.79 Å². The fourth-order valence-electron chi connectivity index (χ4n) is 2.44. The Balaban J connectivity index is 1.54. The topological polar surface area (TPSA) is 53.5 Å². The monoisotopic (exact) mass is 317 g/mol. The highest BCUT2D eigenvalue weighted by atomic mass is 16.2. The Morgan fingerprint density at radius 3 is 2.67 bits per heavy atom. The standard InChI is InChI=1S/C20H19N3O/c1-15-5-4-8-19(11-15)21-14-20(24)23-22-13-16-9-10-17-6-2-3-7-18(17)12-16/h2-13,21H,14H2,1H3,(H,23,24)/b22-13+. The number of nitrogens with zero attached hydrogens (tertiary/aromatic N) is 1. The zero-order valence-electron chi connectivity index (χ0n) is 13.5. The minimum atomic E-state index is -0.187. The van der Waals surface area contributed by atoms with Gasteiger partial charge in [0.15, 0.2) is 0 Å². The van der Waals surface area contributed by atoms with E-state index in [-0.39, 0.29) is 12.5 Å². The van der Waals surface area contributed by atoms with E-state index < -0.39 is 0 Å². The fourth-order valence-corrected chi connectivity index (χ4v) is 2.44. The molecule has 0 aliphatic carbocycles. The number of rotatable bonds is 5. The summed E-state index contributed by atoms with van der Waals surface area (Å²) in [7, 11) is 0. The van der Waals surface area contributed by atoms with Crippen molar-refractivity contribution in [3.05, 3.63) is 77.9 Å². The van der Waals surface area contributed by atoms with Crippen LogP contribution in [0, 0.1) is 6.92 Å². The van der Waals surface area contributed by atoms with Crippen LogP contribution in [0.4, 0.5) is 5.69 Å². The molecule has 3 aromatic carbocycles. The molecular formula is C20H19N3O. The highest BCUT2D eigenvalue weighted by Crippen LogP contribution is 2.14. The number of hydrogen-bond donors (Lipinski definition) is 2. The molecule has 120 valence electrons. The molecule has 0 aliphatic rings. The second kappa shape index (κ2) is 7.42. The maximum atomic E-state index is 11.8. The largest absolute Gasteiger partial charge is 0.376 e. The minimum absolute atomic E-state index is 0.179. The Hall–Kier alpha value is -3.14. The maximum Gasteiger partial charge on any atom is 0.259 e. The van der Waals surface area contributed by atoms with Crippen molar-refractivity contribution in [2.75, 3.05) is 11.9 Å². The van der Waals surface area contributed by atoms with Gasteiger partial charge < -0.3 is 5.32 Å². The third-order valence-corrected chi connectivity index (χ3v) is 3.65. The molecule has 0 bridgehead atoms. The summed E-state index contributed by atoms with van der Waals surface area (Å²) in [5.74, 6) is -0.187. The Bertz CT molecular complexity index is 887. The zero-order chi connectivity index (χ0) is 16.8. The normalized spacial score (nSPS) is 10.9. The molecule has 1 amide bonds. The van der Waals surface area contributed by atoms with Gasteiger partial charge in [0.25, 0.3) is 5.91 Å². The van der Waals surface area contributed by atoms with Crippen molar-refractivity contribution in [1.82, 2.24) is 5.43 Å². The predicted molar refractivity (Wildman–Crippen MR) is 99.4 cm³/mol. The Labute approximate surface area is 141 Å². The second-order valence-corrected chi connectivity index (χ2v) is 5.62. The molecule has 0 spiro atoms. The van der Waals surface area contributed by atoms with E-state index in [9.17, 15) is 4.79 Å². The molecule has 0 atom stereocenters. The van der Waals surface area contributed by atoms with Crippen LogP contribution in [0.25, 0.3) is 10.8 Å². The molecule has 0 fully saturated rings. The van der Waals surface area contributed by atoms with Gasteiger partial charge in [-0.2, -0.15) is 5.10 Å². The molecule has 3 rings (SSSR count). The molecular weight excluding hydrogens is 298 g/mol. The summed E-state index contributed by atoms with van der Waals surface area (Å²) in [5, 5.41) is 9.41. The summed E-state index contributed by atoms with van der Waals surface area (Å²) in [4.78, 5) is 11.8. The van der Waals surface area contributed by atoms with Gasteiger partial charge >= 0.3 is 0 Å². The smallest absolute Gasteiger partial charge is 0.259 e. The van der Waals surface area contributed by atoms with Crippen molar-refractivity contribution < 1.29 is 4.79 Å². The molecule has 0 saturated carbocycles. The summed E-state index contributed by atoms with van der Waals surface area (Å²) < 4.78 is 0. The minimum Gasteiger partial charge on any atom is -0.376 e. The van der Waals surface area contributed by atoms with Gasteiger partial charge in [-0.1, -0.05) is 48.5 Å². The Morgan fingerprint density at radius 1 is 1.00 bits per heavy atom. The lowest BCUT2D eigenvalue weighted by atomic mass is 10.1. The first-order valence-corrected chi connectivity index (χ1v) is 7.82. The zero-order valence-corrected chi connectivity index (χ0v) is 13.5. The van der Waals surface area contributed by atoms with Gasteiger partial charge in [0, 0.05) is 5.69 Å². The number of aryl methyl sites for hydroxylation is 1. The molecule has 0 aliphatic heterocycles. The number of benzene rings is 3. The van der Waals surface area contributed by atoms with Crippen LogP contribution >= 0.6 is 0 Å². The van der Waals surface area contributed by atoms with Crippen molar-refractivity contribution >= 4 is 28.6 Å². The Morgan fingerprint density at radius 2 is 1.83 bits per heavy atom. The van der Waals surface area contributed by atoms with Crippen molar-refractivity contribution in [3.63, 3.8) is 0 Å². The predicted octanol–water partition coefficient (Wildman–Crippen LogP) is 3.71. The second-order valence-electron chi connectivity index (χ2n) is 5.62. The van der Waals surface area contributed by atoms with Gasteiger partial charge in [0.05, 0.1) is 12.8 Å². The lowest BCUT2D eigenvalue weighted by molar-refractivity contribution is -0.119. The highest BCUT2D eigenvalue weighted by Gasteiger charge is 1.99. The van der Waals surface area contributed by atoms with E-state index in [1.165, 1.54) is 5.39 Å². The van der Waals surface area contributed by atoms with Crippen LogP contribution in [0.1, 0.15) is 11.1 Å². The highest BCUT2D eigenvalue weighted by molar-refractivity contribution is 5.91. The third kappa shape index (κ3) is 4.20. The summed E-state index contributed by atoms with van der Waals surface area (Å²) in [5.41, 5.74) is 5.55. The maximum absolute atomic E-state index is 11.8. The molecule has 0 radical (unpaired) electrons. The number of fused-ring (bicyclic) bond motifs is 1. The number of amides is 1. The van der Waals surface area contributed by atoms with E-state index in [0.29, 0.717) is 0 Å². The first kappa shape index (κ1) is 15.7. The SMILES string of the molecule is Cc1cccc(NCC(=O)N/N=C/c2ccc3ccccc3c2)c1. The lowest BCUT2D eigenvalue weighted by Crippen LogP contribution is -2.25. The van der Waals surface area contributed by atoms with Crippen LogP contribution in [0.5, 0.6) is 0 Å². The number of carbonyl (C=O) groups is 1. The molecule has 4 heteroatoms. The van der Waals surface area contributed by atoms with Crippen molar-refractivity contribution in [2.24, 2.45) is 5.10 Å². The first-order valence-electron chi connectivity index (χ1n) is 7.82. The van der Waals surface area contributed by atoms with Gasteiger partial charge in [-0.05, 0) is 47.0 Å². The number of hydrazone groups is 1. The average molecular weight is 317 g/mol. The summed E-state index contributed by atoms with van der Waals surface area (Å²) in [6, 6.07) is 22.1. The van der Waals surface area contributed by atoms with Crippen LogP contribution in [0.15, 0.2) is 71.8 Å². The third-order valence-electron chi connectivity index (χ3n) is 3.65. The van der Waals surface area contributed by atoms with E-state index in [0.717, 1.165) is 22.2 Å². The van der Waals surface area contributed by atoms with Crippen molar-refractivity contribution in [1.29, 1.82) is 0 Å². The van der Waals surface area contributed by atoms with Crippen LogP contribution in [-0.4, -0.2) is 18.7 Å². The van der Waals surface area contributed by atoms with Gasteiger partial charge in [0.1, 0.15) is 0 Å². The quantitative estimate of drug-likeness (QED) is 0.557. The van der Waals surface area contributed by atoms with Gasteiger partial charge in [-0.3, -0.25) is 4.79 Å². The molecule has 0 heterocycles. The van der Waals surface area contributed by atoms with Crippen LogP contribution in [0.2, 0.25) is 0 Å². The average Bonchev–Trinajstić information content (AvgIpc) is 2.60. The summed E-state index contributed by atoms with van der Waals surface area (Å²) >= 11 is 0. The summed E-state index contributed by atoms with van der Waals surface area (Å²) in [6.07, 6.45) is 1.65. The molecule has 4 nitrogen and oxygen atoms in total. The van der Waals surface area contributed by atoms with Gasteiger partial charge in [0.2, 0.25) is 0 Å². The van der Waals surface area contributed by atoms with E-state index in [1.54, 1.807) is 6.21 Å². The van der Waals surface area contributed by atoms with E-state index in [1.807, 2.05) is 61.5 Å². The van der Waals surface area contributed by atoms with Crippen LogP contribution in [0.3, 0.4) is 0 Å². The molecule has 24 heavy (non-hydrogen) atoms. The van der Waals surface area contributed by atoms with E-state index >= 15 is 0 Å². The van der Waals surface area contributed by atoms with Gasteiger partial charge in [-0.25, -0.2) is 5.43 Å². The number of carbonyl (C=O) groups excluding carboxylic acids is 1.